The summed E-state index contributed by atoms with van der Waals surface area (Å²) in [4.78, 5) is 0. The summed E-state index contributed by atoms with van der Waals surface area (Å²) >= 11 is 6.30. The third kappa shape index (κ3) is 2.26. The van der Waals surface area contributed by atoms with Gasteiger partial charge in [-0.3, -0.25) is 0 Å². The van der Waals surface area contributed by atoms with Crippen molar-refractivity contribution in [1.82, 2.24) is 9.78 Å². The molecule has 3 aromatic rings. The minimum Gasteiger partial charge on any atom is -0.506 e. The van der Waals surface area contributed by atoms with Crippen LogP contribution in [0.3, 0.4) is 0 Å². The van der Waals surface area contributed by atoms with Gasteiger partial charge in [-0.25, -0.2) is 9.07 Å². The molecule has 0 spiro atoms. The van der Waals surface area contributed by atoms with Crippen molar-refractivity contribution < 1.29 is 14.2 Å². The van der Waals surface area contributed by atoms with Crippen molar-refractivity contribution in [3.63, 3.8) is 0 Å². The molecule has 0 amide bonds. The zero-order valence-corrected chi connectivity index (χ0v) is 14.1. The number of nitrogens with zero attached hydrogens (tertiary/aromatic N) is 2. The van der Waals surface area contributed by atoms with E-state index >= 15 is 0 Å². The molecule has 1 unspecified atom stereocenters. The van der Waals surface area contributed by atoms with Crippen LogP contribution in [0, 0.1) is 5.82 Å². The van der Waals surface area contributed by atoms with Crippen LogP contribution in [0.25, 0.3) is 21.7 Å². The molecule has 24 heavy (non-hydrogen) atoms. The summed E-state index contributed by atoms with van der Waals surface area (Å²) in [6, 6.07) is 5.02. The van der Waals surface area contributed by atoms with E-state index < -0.39 is 0 Å². The Morgan fingerprint density at radius 3 is 2.92 bits per heavy atom. The molecule has 4 nitrogen and oxygen atoms in total. The number of hydrogen-bond acceptors (Lipinski definition) is 3. The molecule has 126 valence electrons. The second-order valence-corrected chi connectivity index (χ2v) is 6.51. The van der Waals surface area contributed by atoms with Crippen molar-refractivity contribution >= 4 is 33.3 Å². The van der Waals surface area contributed by atoms with E-state index in [0.29, 0.717) is 34.9 Å². The van der Waals surface area contributed by atoms with Crippen LogP contribution in [0.5, 0.6) is 5.75 Å². The van der Waals surface area contributed by atoms with Gasteiger partial charge in [0.1, 0.15) is 11.6 Å². The Morgan fingerprint density at radius 1 is 1.38 bits per heavy atom. The molecule has 0 bridgehead atoms. The number of phenols is 1. The normalized spacial score (nSPS) is 18.5. The third-order valence-electron chi connectivity index (χ3n) is 4.74. The summed E-state index contributed by atoms with van der Waals surface area (Å²) in [6.45, 7) is 2.55. The lowest BCUT2D eigenvalue weighted by molar-refractivity contribution is -0.0366. The first-order valence-corrected chi connectivity index (χ1v) is 8.62. The molecular formula is C18H18ClFN2O2. The van der Waals surface area contributed by atoms with Gasteiger partial charge in [-0.15, -0.1) is 0 Å². The lowest BCUT2D eigenvalue weighted by Gasteiger charge is -2.23. The number of aromatic nitrogens is 2. The second-order valence-electron chi connectivity index (χ2n) is 6.15. The first kappa shape index (κ1) is 15.7. The maximum atomic E-state index is 14.1. The molecule has 1 N–H and O–H groups in total. The molecular weight excluding hydrogens is 331 g/mol. The molecule has 1 aromatic heterocycles. The molecule has 2 heterocycles. The molecule has 0 radical (unpaired) electrons. The predicted octanol–water partition coefficient (Wildman–Crippen LogP) is 4.95. The van der Waals surface area contributed by atoms with Crippen LogP contribution in [-0.2, 0) is 11.2 Å². The minimum absolute atomic E-state index is 0.00842. The average Bonchev–Trinajstić information content (AvgIpc) is 2.93. The van der Waals surface area contributed by atoms with Crippen LogP contribution in [0.2, 0.25) is 5.15 Å². The molecule has 0 saturated carbocycles. The molecule has 1 saturated heterocycles. The maximum absolute atomic E-state index is 14.1. The van der Waals surface area contributed by atoms with Gasteiger partial charge in [-0.1, -0.05) is 24.6 Å². The molecule has 0 aliphatic carbocycles. The van der Waals surface area contributed by atoms with E-state index in [1.165, 1.54) is 6.07 Å². The zero-order chi connectivity index (χ0) is 16.8. The van der Waals surface area contributed by atoms with Crippen LogP contribution in [0.4, 0.5) is 4.39 Å². The number of aromatic hydroxyl groups is 1. The Bertz CT molecular complexity index is 932. The van der Waals surface area contributed by atoms with E-state index in [1.807, 2.05) is 13.0 Å². The Kier molecular flexibility index (Phi) is 3.85. The maximum Gasteiger partial charge on any atom is 0.162 e. The number of fused-ring (bicyclic) bond motifs is 2. The van der Waals surface area contributed by atoms with Gasteiger partial charge in [0.05, 0.1) is 10.9 Å². The van der Waals surface area contributed by atoms with Crippen LogP contribution >= 0.6 is 11.6 Å². The van der Waals surface area contributed by atoms with Gasteiger partial charge >= 0.3 is 0 Å². The number of phenolic OH excluding ortho intramolecular Hbond substituents is 1. The molecule has 1 aliphatic rings. The van der Waals surface area contributed by atoms with Crippen molar-refractivity contribution in [2.24, 2.45) is 0 Å². The molecule has 6 heteroatoms. The smallest absolute Gasteiger partial charge is 0.162 e. The highest BCUT2D eigenvalue weighted by molar-refractivity contribution is 6.35. The van der Waals surface area contributed by atoms with Crippen LogP contribution in [0.1, 0.15) is 38.0 Å². The van der Waals surface area contributed by atoms with Crippen LogP contribution < -0.4 is 0 Å². The quantitative estimate of drug-likeness (QED) is 0.712. The minimum atomic E-state index is -0.321. The third-order valence-corrected chi connectivity index (χ3v) is 5.01. The number of rotatable bonds is 2. The van der Waals surface area contributed by atoms with Crippen molar-refractivity contribution in [2.75, 3.05) is 6.61 Å². The van der Waals surface area contributed by atoms with E-state index in [9.17, 15) is 9.50 Å². The SMILES string of the molecule is CCc1c(F)ccc2cc3c(c(Cl)nn3C3CCCCO3)c(O)c12. The van der Waals surface area contributed by atoms with Gasteiger partial charge in [0.2, 0.25) is 0 Å². The Morgan fingerprint density at radius 2 is 2.21 bits per heavy atom. The fraction of sp³-hybridized carbons (Fsp3) is 0.389. The van der Waals surface area contributed by atoms with E-state index in [2.05, 4.69) is 5.10 Å². The highest BCUT2D eigenvalue weighted by atomic mass is 35.5. The number of halogens is 2. The standard InChI is InChI=1S/C18H18ClFN2O2/c1-2-11-12(20)7-6-10-9-13-16(17(23)15(10)11)18(19)21-22(13)14-5-3-4-8-24-14/h6-7,9,14,23H,2-5,8H2,1H3. The highest BCUT2D eigenvalue weighted by Gasteiger charge is 2.24. The number of hydrogen-bond donors (Lipinski definition) is 1. The predicted molar refractivity (Wildman–Crippen MR) is 92.1 cm³/mol. The fourth-order valence-electron chi connectivity index (χ4n) is 3.57. The van der Waals surface area contributed by atoms with Gasteiger partial charge in [0.15, 0.2) is 11.4 Å². The topological polar surface area (TPSA) is 47.3 Å². The number of benzene rings is 2. The Labute approximate surface area is 143 Å². The van der Waals surface area contributed by atoms with E-state index in [1.54, 1.807) is 10.7 Å². The van der Waals surface area contributed by atoms with Gasteiger partial charge in [-0.05, 0) is 48.8 Å². The monoisotopic (exact) mass is 348 g/mol. The fourth-order valence-corrected chi connectivity index (χ4v) is 3.84. The van der Waals surface area contributed by atoms with Crippen molar-refractivity contribution in [2.45, 2.75) is 38.8 Å². The molecule has 1 fully saturated rings. The molecule has 1 aliphatic heterocycles. The van der Waals surface area contributed by atoms with Crippen molar-refractivity contribution in [3.8, 4) is 5.75 Å². The first-order chi connectivity index (χ1) is 11.6. The number of ether oxygens (including phenoxy) is 1. The Balaban J connectivity index is 2.03. The zero-order valence-electron chi connectivity index (χ0n) is 13.4. The van der Waals surface area contributed by atoms with Crippen LogP contribution in [-0.4, -0.2) is 21.5 Å². The largest absolute Gasteiger partial charge is 0.506 e. The lowest BCUT2D eigenvalue weighted by atomic mass is 9.99. The second kappa shape index (κ2) is 5.90. The molecule has 4 rings (SSSR count). The van der Waals surface area contributed by atoms with Gasteiger partial charge < -0.3 is 9.84 Å². The van der Waals surface area contributed by atoms with Gasteiger partial charge in [-0.2, -0.15) is 5.10 Å². The first-order valence-electron chi connectivity index (χ1n) is 8.24. The molecule has 2 aromatic carbocycles. The summed E-state index contributed by atoms with van der Waals surface area (Å²) in [5, 5.41) is 17.1. The molecule has 1 atom stereocenters. The lowest BCUT2D eigenvalue weighted by Crippen LogP contribution is -2.19. The van der Waals surface area contributed by atoms with E-state index in [4.69, 9.17) is 16.3 Å². The van der Waals surface area contributed by atoms with Crippen LogP contribution in [0.15, 0.2) is 18.2 Å². The average molecular weight is 349 g/mol. The van der Waals surface area contributed by atoms with Gasteiger partial charge in [0, 0.05) is 12.0 Å². The Hall–Kier alpha value is -1.85. The summed E-state index contributed by atoms with van der Waals surface area (Å²) in [7, 11) is 0. The van der Waals surface area contributed by atoms with Crippen molar-refractivity contribution in [3.05, 3.63) is 34.7 Å². The summed E-state index contributed by atoms with van der Waals surface area (Å²) in [5.74, 6) is -0.329. The summed E-state index contributed by atoms with van der Waals surface area (Å²) < 4.78 is 21.7. The highest BCUT2D eigenvalue weighted by Crippen LogP contribution is 2.41. The van der Waals surface area contributed by atoms with Crippen molar-refractivity contribution in [1.29, 1.82) is 0 Å². The van der Waals surface area contributed by atoms with E-state index in [0.717, 1.165) is 24.6 Å². The summed E-state index contributed by atoms with van der Waals surface area (Å²) in [5.41, 5.74) is 1.20. The summed E-state index contributed by atoms with van der Waals surface area (Å²) in [6.07, 6.45) is 3.26. The number of aryl methyl sites for hydroxylation is 1. The van der Waals surface area contributed by atoms with E-state index in [-0.39, 0.29) is 22.9 Å². The van der Waals surface area contributed by atoms with Gasteiger partial charge in [0.25, 0.3) is 0 Å².